The number of hydrogen-bond donors (Lipinski definition) is 0. The second kappa shape index (κ2) is 5.96. The van der Waals surface area contributed by atoms with Gasteiger partial charge in [0.15, 0.2) is 0 Å². The molecule has 1 fully saturated rings. The summed E-state index contributed by atoms with van der Waals surface area (Å²) in [5.41, 5.74) is 0. The van der Waals surface area contributed by atoms with Crippen LogP contribution in [0.3, 0.4) is 0 Å². The highest BCUT2D eigenvalue weighted by Gasteiger charge is 2.35. The molecule has 17 heavy (non-hydrogen) atoms. The van der Waals surface area contributed by atoms with Crippen LogP contribution in [0.2, 0.25) is 0 Å². The lowest BCUT2D eigenvalue weighted by molar-refractivity contribution is -0.130. The van der Waals surface area contributed by atoms with Crippen LogP contribution in [0.15, 0.2) is 0 Å². The normalized spacial score (nSPS) is 28.1. The van der Waals surface area contributed by atoms with Crippen molar-refractivity contribution in [1.29, 1.82) is 0 Å². The van der Waals surface area contributed by atoms with Gasteiger partial charge in [-0.3, -0.25) is 9.00 Å². The molecule has 0 bridgehead atoms. The van der Waals surface area contributed by atoms with Gasteiger partial charge >= 0.3 is 0 Å². The van der Waals surface area contributed by atoms with Gasteiger partial charge in [-0.15, -0.1) is 0 Å². The first-order valence-corrected chi connectivity index (χ1v) is 7.41. The van der Waals surface area contributed by atoms with Gasteiger partial charge in [0.25, 0.3) is 0 Å². The van der Waals surface area contributed by atoms with E-state index < -0.39 is 16.0 Å². The van der Waals surface area contributed by atoms with E-state index >= 15 is 0 Å². The van der Waals surface area contributed by atoms with Gasteiger partial charge in [0.05, 0.1) is 11.4 Å². The van der Waals surface area contributed by atoms with E-state index in [2.05, 4.69) is 0 Å². The molecule has 1 rings (SSSR count). The van der Waals surface area contributed by atoms with E-state index in [4.69, 9.17) is 4.74 Å². The Morgan fingerprint density at radius 3 is 2.41 bits per heavy atom. The highest BCUT2D eigenvalue weighted by atomic mass is 32.2. The Kier molecular flexibility index (Phi) is 5.13. The van der Waals surface area contributed by atoms with Crippen molar-refractivity contribution in [2.45, 2.75) is 56.8 Å². The summed E-state index contributed by atoms with van der Waals surface area (Å²) in [5.74, 6) is -0.0440. The minimum absolute atomic E-state index is 0.00422. The summed E-state index contributed by atoms with van der Waals surface area (Å²) in [4.78, 5) is 13.7. The Labute approximate surface area is 106 Å². The van der Waals surface area contributed by atoms with Crippen LogP contribution in [0.25, 0.3) is 0 Å². The predicted octanol–water partition coefficient (Wildman–Crippen LogP) is 1.17. The van der Waals surface area contributed by atoms with Crippen LogP contribution < -0.4 is 0 Å². The third-order valence-corrected chi connectivity index (χ3v) is 5.54. The van der Waals surface area contributed by atoms with Crippen molar-refractivity contribution < 1.29 is 13.7 Å². The molecular weight excluding hydrogens is 238 g/mol. The van der Waals surface area contributed by atoms with Gasteiger partial charge in [0.1, 0.15) is 5.25 Å². The van der Waals surface area contributed by atoms with E-state index in [0.29, 0.717) is 6.61 Å². The third kappa shape index (κ3) is 3.28. The summed E-state index contributed by atoms with van der Waals surface area (Å²) in [6.45, 7) is 8.24. The molecule has 0 N–H and O–H groups in total. The predicted molar refractivity (Wildman–Crippen MR) is 69.3 cm³/mol. The maximum Gasteiger partial charge on any atom is 0.238 e. The van der Waals surface area contributed by atoms with E-state index in [1.807, 2.05) is 20.8 Å². The van der Waals surface area contributed by atoms with Crippen LogP contribution >= 0.6 is 0 Å². The van der Waals surface area contributed by atoms with Crippen molar-refractivity contribution in [2.24, 2.45) is 0 Å². The number of nitrogens with zero attached hydrogens (tertiary/aromatic N) is 1. The van der Waals surface area contributed by atoms with Crippen LogP contribution in [-0.4, -0.2) is 51.3 Å². The van der Waals surface area contributed by atoms with Crippen LogP contribution in [-0.2, 0) is 20.3 Å². The lowest BCUT2D eigenvalue weighted by atomic mass is 10.2. The Morgan fingerprint density at radius 1 is 1.41 bits per heavy atom. The van der Waals surface area contributed by atoms with E-state index in [1.165, 1.54) is 0 Å². The molecule has 1 saturated heterocycles. The zero-order valence-electron chi connectivity index (χ0n) is 11.3. The van der Waals surface area contributed by atoms with Crippen molar-refractivity contribution >= 4 is 16.7 Å². The number of hydrogen-bond acceptors (Lipinski definition) is 3. The molecule has 0 aromatic rings. The number of ether oxygens (including phenoxy) is 1. The number of carbonyl (C=O) groups excluding carboxylic acids is 1. The highest BCUT2D eigenvalue weighted by Crippen LogP contribution is 2.22. The average Bonchev–Trinajstić information content (AvgIpc) is 2.71. The zero-order valence-corrected chi connectivity index (χ0v) is 12.1. The van der Waals surface area contributed by atoms with Crippen molar-refractivity contribution in [3.8, 4) is 0 Å². The van der Waals surface area contributed by atoms with E-state index in [-0.39, 0.29) is 23.3 Å². The molecule has 0 saturated carbocycles. The van der Waals surface area contributed by atoms with Gasteiger partial charge in [-0.05, 0) is 34.1 Å². The quantitative estimate of drug-likeness (QED) is 0.763. The second-order valence-corrected chi connectivity index (χ2v) is 6.89. The SMILES string of the molecule is CC(C)N(C)C(=O)[C@@H](C)[S@](=O)[C@H]1CCO[C@H]1C. The molecule has 1 amide bonds. The minimum atomic E-state index is -1.15. The molecule has 1 heterocycles. The Balaban J connectivity index is 2.66. The maximum absolute atomic E-state index is 12.3. The van der Waals surface area contributed by atoms with Gasteiger partial charge in [0, 0.05) is 30.5 Å². The third-order valence-electron chi connectivity index (χ3n) is 3.42. The van der Waals surface area contributed by atoms with Crippen LogP contribution in [0.5, 0.6) is 0 Å². The Morgan fingerprint density at radius 2 is 2.00 bits per heavy atom. The van der Waals surface area contributed by atoms with Crippen molar-refractivity contribution in [1.82, 2.24) is 4.90 Å². The van der Waals surface area contributed by atoms with Crippen molar-refractivity contribution in [3.63, 3.8) is 0 Å². The fourth-order valence-electron chi connectivity index (χ4n) is 1.92. The average molecular weight is 261 g/mol. The van der Waals surface area contributed by atoms with Crippen molar-refractivity contribution in [2.75, 3.05) is 13.7 Å². The van der Waals surface area contributed by atoms with Crippen LogP contribution in [0, 0.1) is 0 Å². The van der Waals surface area contributed by atoms with Gasteiger partial charge in [-0.2, -0.15) is 0 Å². The summed E-state index contributed by atoms with van der Waals surface area (Å²) >= 11 is 0. The number of amides is 1. The fraction of sp³-hybridized carbons (Fsp3) is 0.917. The van der Waals surface area contributed by atoms with Gasteiger partial charge < -0.3 is 9.64 Å². The molecular formula is C12H23NO3S. The van der Waals surface area contributed by atoms with Gasteiger partial charge in [0.2, 0.25) is 5.91 Å². The molecule has 0 aromatic heterocycles. The standard InChI is InChI=1S/C12H23NO3S/c1-8(2)13(5)12(14)10(4)17(15)11-6-7-16-9(11)3/h8-11H,6-7H2,1-5H3/t9-,10+,11-,17-/m0/s1. The summed E-state index contributed by atoms with van der Waals surface area (Å²) in [5, 5.41) is -0.453. The lowest BCUT2D eigenvalue weighted by Crippen LogP contribution is -2.44. The van der Waals surface area contributed by atoms with E-state index in [9.17, 15) is 9.00 Å². The molecule has 0 spiro atoms. The van der Waals surface area contributed by atoms with Crippen LogP contribution in [0.4, 0.5) is 0 Å². The van der Waals surface area contributed by atoms with Gasteiger partial charge in [-0.25, -0.2) is 0 Å². The molecule has 0 aliphatic carbocycles. The molecule has 1 aliphatic rings. The number of carbonyl (C=O) groups is 1. The molecule has 1 aliphatic heterocycles. The first kappa shape index (κ1) is 14.6. The smallest absolute Gasteiger partial charge is 0.238 e. The molecule has 0 radical (unpaired) electrons. The molecule has 4 nitrogen and oxygen atoms in total. The summed E-state index contributed by atoms with van der Waals surface area (Å²) in [6, 6.07) is 0.138. The topological polar surface area (TPSA) is 46.6 Å². The largest absolute Gasteiger partial charge is 0.377 e. The molecule has 5 heteroatoms. The maximum atomic E-state index is 12.3. The molecule has 0 unspecified atom stereocenters. The summed E-state index contributed by atoms with van der Waals surface area (Å²) in [7, 11) is 0.606. The Bertz CT molecular complexity index is 306. The highest BCUT2D eigenvalue weighted by molar-refractivity contribution is 7.87. The van der Waals surface area contributed by atoms with Crippen molar-refractivity contribution in [3.05, 3.63) is 0 Å². The first-order valence-electron chi connectivity index (χ1n) is 6.14. The Hall–Kier alpha value is -0.420. The summed E-state index contributed by atoms with van der Waals surface area (Å²) < 4.78 is 17.7. The molecule has 0 aromatic carbocycles. The van der Waals surface area contributed by atoms with E-state index in [1.54, 1.807) is 18.9 Å². The molecule has 100 valence electrons. The number of rotatable bonds is 4. The summed E-state index contributed by atoms with van der Waals surface area (Å²) in [6.07, 6.45) is 0.784. The van der Waals surface area contributed by atoms with Crippen LogP contribution in [0.1, 0.15) is 34.1 Å². The second-order valence-electron chi connectivity index (χ2n) is 4.92. The monoisotopic (exact) mass is 261 g/mol. The minimum Gasteiger partial charge on any atom is -0.377 e. The molecule has 4 atom stereocenters. The fourth-order valence-corrected chi connectivity index (χ4v) is 3.59. The zero-order chi connectivity index (χ0) is 13.2. The van der Waals surface area contributed by atoms with E-state index in [0.717, 1.165) is 6.42 Å². The first-order chi connectivity index (χ1) is 7.86. The lowest BCUT2D eigenvalue weighted by Gasteiger charge is -2.26. The van der Waals surface area contributed by atoms with Gasteiger partial charge in [-0.1, -0.05) is 0 Å².